The summed E-state index contributed by atoms with van der Waals surface area (Å²) in [6.45, 7) is 12.4. The molecule has 132 valence electrons. The van der Waals surface area contributed by atoms with Crippen LogP contribution < -0.4 is 10.5 Å². The second-order valence-electron chi connectivity index (χ2n) is 3.68. The average Bonchev–Trinajstić information content (AvgIpc) is 2.57. The monoisotopic (exact) mass is 331 g/mol. The Kier molecular flexibility index (Phi) is 12.8. The van der Waals surface area contributed by atoms with E-state index < -0.39 is 18.5 Å². The van der Waals surface area contributed by atoms with Gasteiger partial charge in [0.15, 0.2) is 11.6 Å². The standard InChI is InChI=1S/C12H10F3NO.3C2H6/c1-6-2-7(16)3-8-9(14)4-10(15)12(11(6)8)17-5-13;3*1-2/h2-4H,5,16H2,1H3;3*1-2H3. The number of hydrogen-bond donors (Lipinski definition) is 1. The van der Waals surface area contributed by atoms with Gasteiger partial charge in [-0.1, -0.05) is 41.5 Å². The van der Waals surface area contributed by atoms with E-state index in [2.05, 4.69) is 4.74 Å². The number of rotatable bonds is 2. The fourth-order valence-electron chi connectivity index (χ4n) is 1.87. The molecule has 2 rings (SSSR count). The summed E-state index contributed by atoms with van der Waals surface area (Å²) in [6.07, 6.45) is 0. The van der Waals surface area contributed by atoms with Crippen LogP contribution >= 0.6 is 0 Å². The first-order valence-corrected chi connectivity index (χ1v) is 7.91. The zero-order valence-corrected chi connectivity index (χ0v) is 15.1. The SMILES string of the molecule is CC.CC.CC.Cc1cc(N)cc2c(F)cc(F)c(OCF)c12. The number of aryl methyl sites for hydroxylation is 1. The van der Waals surface area contributed by atoms with Crippen LogP contribution in [-0.4, -0.2) is 6.86 Å². The Morgan fingerprint density at radius 2 is 1.43 bits per heavy atom. The van der Waals surface area contributed by atoms with Crippen LogP contribution in [-0.2, 0) is 0 Å². The normalized spacial score (nSPS) is 8.78. The van der Waals surface area contributed by atoms with Crippen molar-refractivity contribution in [2.24, 2.45) is 0 Å². The Balaban J connectivity index is 0. The lowest BCUT2D eigenvalue weighted by molar-refractivity contribution is 0.186. The average molecular weight is 331 g/mol. The van der Waals surface area contributed by atoms with Crippen LogP contribution in [0.3, 0.4) is 0 Å². The Morgan fingerprint density at radius 1 is 0.913 bits per heavy atom. The Bertz CT molecular complexity index is 586. The summed E-state index contributed by atoms with van der Waals surface area (Å²) in [6, 6.07) is 3.57. The Labute approximate surface area is 137 Å². The van der Waals surface area contributed by atoms with Gasteiger partial charge in [0.25, 0.3) is 0 Å². The number of nitrogens with two attached hydrogens (primary N) is 1. The van der Waals surface area contributed by atoms with Gasteiger partial charge < -0.3 is 10.5 Å². The third kappa shape index (κ3) is 6.00. The first-order valence-electron chi connectivity index (χ1n) is 7.91. The van der Waals surface area contributed by atoms with Gasteiger partial charge in [0.05, 0.1) is 0 Å². The molecule has 0 aliphatic heterocycles. The van der Waals surface area contributed by atoms with Gasteiger partial charge in [0, 0.05) is 22.5 Å². The van der Waals surface area contributed by atoms with Gasteiger partial charge >= 0.3 is 0 Å². The van der Waals surface area contributed by atoms with Gasteiger partial charge in [-0.15, -0.1) is 0 Å². The summed E-state index contributed by atoms with van der Waals surface area (Å²) in [5.74, 6) is -1.97. The largest absolute Gasteiger partial charge is 0.459 e. The number of benzene rings is 2. The summed E-state index contributed by atoms with van der Waals surface area (Å²) < 4.78 is 43.8. The molecule has 0 aromatic heterocycles. The second kappa shape index (κ2) is 12.6. The van der Waals surface area contributed by atoms with Crippen LogP contribution in [0, 0.1) is 18.6 Å². The fourth-order valence-corrected chi connectivity index (χ4v) is 1.87. The molecule has 2 aromatic carbocycles. The van der Waals surface area contributed by atoms with E-state index in [4.69, 9.17) is 5.73 Å². The molecule has 0 saturated carbocycles. The van der Waals surface area contributed by atoms with Crippen molar-refractivity contribution in [3.05, 3.63) is 35.4 Å². The molecule has 0 saturated heterocycles. The molecule has 0 aliphatic carbocycles. The Morgan fingerprint density at radius 3 is 1.91 bits per heavy atom. The van der Waals surface area contributed by atoms with Gasteiger partial charge in [0.1, 0.15) is 5.82 Å². The number of ether oxygens (including phenoxy) is 1. The number of halogens is 3. The maximum absolute atomic E-state index is 13.6. The summed E-state index contributed by atoms with van der Waals surface area (Å²) in [5, 5.41) is 0.321. The lowest BCUT2D eigenvalue weighted by Crippen LogP contribution is -1.99. The number of hydrogen-bond acceptors (Lipinski definition) is 2. The van der Waals surface area contributed by atoms with Crippen LogP contribution in [0.1, 0.15) is 47.1 Å². The minimum absolute atomic E-state index is 0.118. The van der Waals surface area contributed by atoms with E-state index in [1.54, 1.807) is 13.0 Å². The molecular weight excluding hydrogens is 303 g/mol. The highest BCUT2D eigenvalue weighted by Crippen LogP contribution is 2.35. The van der Waals surface area contributed by atoms with Crippen molar-refractivity contribution >= 4 is 16.5 Å². The van der Waals surface area contributed by atoms with E-state index in [1.165, 1.54) is 6.07 Å². The van der Waals surface area contributed by atoms with Crippen LogP contribution in [0.5, 0.6) is 5.75 Å². The molecule has 2 nitrogen and oxygen atoms in total. The van der Waals surface area contributed by atoms with E-state index >= 15 is 0 Å². The van der Waals surface area contributed by atoms with Crippen molar-refractivity contribution in [3.8, 4) is 5.75 Å². The van der Waals surface area contributed by atoms with Gasteiger partial charge in [-0.25, -0.2) is 13.2 Å². The summed E-state index contributed by atoms with van der Waals surface area (Å²) in [4.78, 5) is 0. The molecular formula is C18H28F3NO. The van der Waals surface area contributed by atoms with Crippen molar-refractivity contribution < 1.29 is 17.9 Å². The molecule has 0 aliphatic rings. The number of anilines is 1. The molecule has 23 heavy (non-hydrogen) atoms. The van der Waals surface area contributed by atoms with Crippen molar-refractivity contribution in [1.82, 2.24) is 0 Å². The van der Waals surface area contributed by atoms with Crippen LogP contribution in [0.15, 0.2) is 18.2 Å². The maximum atomic E-state index is 13.6. The minimum atomic E-state index is -1.18. The molecule has 0 radical (unpaired) electrons. The Hall–Kier alpha value is -1.91. The fraction of sp³-hybridized carbons (Fsp3) is 0.444. The molecule has 2 N–H and O–H groups in total. The molecule has 0 bridgehead atoms. The van der Waals surface area contributed by atoms with Crippen LogP contribution in [0.2, 0.25) is 0 Å². The van der Waals surface area contributed by atoms with E-state index in [-0.39, 0.29) is 16.5 Å². The third-order valence-electron chi connectivity index (χ3n) is 2.51. The third-order valence-corrected chi connectivity index (χ3v) is 2.51. The summed E-state index contributed by atoms with van der Waals surface area (Å²) in [5.41, 5.74) is 6.46. The molecule has 0 amide bonds. The molecule has 0 spiro atoms. The predicted molar refractivity (Wildman–Crippen MR) is 93.7 cm³/mol. The van der Waals surface area contributed by atoms with E-state index in [0.717, 1.165) is 0 Å². The maximum Gasteiger partial charge on any atom is 0.228 e. The van der Waals surface area contributed by atoms with Crippen LogP contribution in [0.4, 0.5) is 18.9 Å². The molecule has 0 fully saturated rings. The van der Waals surface area contributed by atoms with Crippen LogP contribution in [0.25, 0.3) is 10.8 Å². The zero-order valence-electron chi connectivity index (χ0n) is 15.1. The molecule has 0 atom stereocenters. The highest BCUT2D eigenvalue weighted by molar-refractivity contribution is 5.94. The smallest absolute Gasteiger partial charge is 0.228 e. The molecule has 2 aromatic rings. The van der Waals surface area contributed by atoms with Crippen molar-refractivity contribution in [3.63, 3.8) is 0 Å². The van der Waals surface area contributed by atoms with Gasteiger partial charge in [-0.05, 0) is 24.6 Å². The number of alkyl halides is 1. The highest BCUT2D eigenvalue weighted by Gasteiger charge is 2.16. The quantitative estimate of drug-likeness (QED) is 0.647. The minimum Gasteiger partial charge on any atom is -0.459 e. The van der Waals surface area contributed by atoms with Crippen molar-refractivity contribution in [1.29, 1.82) is 0 Å². The predicted octanol–water partition coefficient (Wildman–Crippen LogP) is 6.39. The summed E-state index contributed by atoms with van der Waals surface area (Å²) >= 11 is 0. The lowest BCUT2D eigenvalue weighted by Gasteiger charge is -2.11. The lowest BCUT2D eigenvalue weighted by atomic mass is 10.0. The molecule has 0 heterocycles. The first kappa shape index (κ1) is 23.4. The van der Waals surface area contributed by atoms with Gasteiger partial charge in [-0.3, -0.25) is 0 Å². The highest BCUT2D eigenvalue weighted by atomic mass is 19.1. The summed E-state index contributed by atoms with van der Waals surface area (Å²) in [7, 11) is 0. The van der Waals surface area contributed by atoms with E-state index in [9.17, 15) is 13.2 Å². The zero-order chi connectivity index (χ0) is 18.6. The second-order valence-corrected chi connectivity index (χ2v) is 3.68. The van der Waals surface area contributed by atoms with E-state index in [0.29, 0.717) is 17.3 Å². The number of fused-ring (bicyclic) bond motifs is 1. The molecule has 5 heteroatoms. The van der Waals surface area contributed by atoms with E-state index in [1.807, 2.05) is 41.5 Å². The van der Waals surface area contributed by atoms with Gasteiger partial charge in [-0.2, -0.15) is 0 Å². The van der Waals surface area contributed by atoms with Crippen molar-refractivity contribution in [2.75, 3.05) is 12.6 Å². The first-order chi connectivity index (χ1) is 11.0. The van der Waals surface area contributed by atoms with Crippen molar-refractivity contribution in [2.45, 2.75) is 48.5 Å². The molecule has 0 unspecified atom stereocenters. The topological polar surface area (TPSA) is 35.2 Å². The van der Waals surface area contributed by atoms with Gasteiger partial charge in [0.2, 0.25) is 6.86 Å². The number of nitrogen functional groups attached to an aromatic ring is 1.